The van der Waals surface area contributed by atoms with Crippen LogP contribution in [0.25, 0.3) is 22.2 Å². The lowest BCUT2D eigenvalue weighted by molar-refractivity contribution is 0.190. The van der Waals surface area contributed by atoms with Crippen LogP contribution >= 0.6 is 0 Å². The van der Waals surface area contributed by atoms with E-state index in [0.29, 0.717) is 34.4 Å². The van der Waals surface area contributed by atoms with Crippen LogP contribution in [0, 0.1) is 0 Å². The molecule has 1 fully saturated rings. The highest BCUT2D eigenvalue weighted by Gasteiger charge is 2.24. The Hall–Kier alpha value is -3.78. The second-order valence-corrected chi connectivity index (χ2v) is 7.74. The first-order valence-electron chi connectivity index (χ1n) is 10.0. The Morgan fingerprint density at radius 1 is 1.10 bits per heavy atom. The van der Waals surface area contributed by atoms with Crippen LogP contribution in [0.1, 0.15) is 11.5 Å². The number of fused-ring (bicyclic) bond motifs is 1. The zero-order valence-corrected chi connectivity index (χ0v) is 17.3. The zero-order valence-electron chi connectivity index (χ0n) is 17.3. The summed E-state index contributed by atoms with van der Waals surface area (Å²) in [5.74, 6) is 1.45. The van der Waals surface area contributed by atoms with Crippen LogP contribution in [0.5, 0.6) is 5.88 Å². The van der Waals surface area contributed by atoms with E-state index in [1.807, 2.05) is 24.3 Å². The molecule has 0 saturated carbocycles. The lowest BCUT2D eigenvalue weighted by atomic mass is 9.92. The minimum atomic E-state index is -0.204. The molecule has 0 atom stereocenters. The standard InChI is InChI=1S/C23H22N6O2/c1-29-12-16(13-29)14-3-5-17(6-4-14)26-22-21-15(7-8-25-23(21)30)9-18(28-22)19-10-24-11-20(27-19)31-2/h3-11,16H,12-13H2,1-2H3,(H,25,30)(H,26,28). The number of ether oxygens (including phenoxy) is 1. The number of anilines is 2. The summed E-state index contributed by atoms with van der Waals surface area (Å²) in [6, 6.07) is 12.0. The Morgan fingerprint density at radius 3 is 2.65 bits per heavy atom. The number of hydrogen-bond acceptors (Lipinski definition) is 7. The van der Waals surface area contributed by atoms with Crippen molar-refractivity contribution in [2.45, 2.75) is 5.92 Å². The van der Waals surface area contributed by atoms with Gasteiger partial charge in [-0.15, -0.1) is 0 Å². The molecule has 1 aliphatic heterocycles. The van der Waals surface area contributed by atoms with Crippen molar-refractivity contribution in [2.24, 2.45) is 0 Å². The van der Waals surface area contributed by atoms with E-state index in [0.717, 1.165) is 24.2 Å². The van der Waals surface area contributed by atoms with Crippen LogP contribution in [-0.2, 0) is 0 Å². The molecule has 2 N–H and O–H groups in total. The lowest BCUT2D eigenvalue weighted by Crippen LogP contribution is -2.41. The molecule has 1 aromatic carbocycles. The summed E-state index contributed by atoms with van der Waals surface area (Å²) < 4.78 is 5.18. The van der Waals surface area contributed by atoms with Crippen molar-refractivity contribution in [2.75, 3.05) is 32.6 Å². The van der Waals surface area contributed by atoms with Gasteiger partial charge in [-0.05, 0) is 42.3 Å². The molecule has 0 bridgehead atoms. The van der Waals surface area contributed by atoms with Gasteiger partial charge in [0.15, 0.2) is 0 Å². The molecule has 0 unspecified atom stereocenters. The van der Waals surface area contributed by atoms with Gasteiger partial charge in [-0.25, -0.2) is 9.97 Å². The molecule has 4 heterocycles. The number of methoxy groups -OCH3 is 1. The summed E-state index contributed by atoms with van der Waals surface area (Å²) in [5.41, 5.74) is 3.14. The first kappa shape index (κ1) is 19.2. The monoisotopic (exact) mass is 414 g/mol. The van der Waals surface area contributed by atoms with E-state index in [2.05, 4.69) is 44.3 Å². The summed E-state index contributed by atoms with van der Waals surface area (Å²) in [6.07, 6.45) is 4.79. The normalized spacial score (nSPS) is 14.4. The second kappa shape index (κ2) is 7.81. The van der Waals surface area contributed by atoms with E-state index in [-0.39, 0.29) is 5.56 Å². The SMILES string of the molecule is COc1cncc(-c2cc3cc[nH]c(=O)c3c(Nc3ccc(C4CN(C)C4)cc3)n2)n1. The largest absolute Gasteiger partial charge is 0.480 e. The minimum Gasteiger partial charge on any atom is -0.480 e. The molecule has 0 aliphatic carbocycles. The summed E-state index contributed by atoms with van der Waals surface area (Å²) >= 11 is 0. The van der Waals surface area contributed by atoms with Gasteiger partial charge in [0.05, 0.1) is 30.6 Å². The van der Waals surface area contributed by atoms with Crippen LogP contribution in [0.3, 0.4) is 0 Å². The van der Waals surface area contributed by atoms with E-state index in [9.17, 15) is 4.79 Å². The van der Waals surface area contributed by atoms with E-state index in [1.54, 1.807) is 19.5 Å². The molecule has 8 nitrogen and oxygen atoms in total. The molecule has 0 spiro atoms. The molecular weight excluding hydrogens is 392 g/mol. The van der Waals surface area contributed by atoms with Crippen molar-refractivity contribution in [1.29, 1.82) is 0 Å². The fourth-order valence-corrected chi connectivity index (χ4v) is 3.89. The Bertz CT molecular complexity index is 1300. The minimum absolute atomic E-state index is 0.204. The van der Waals surface area contributed by atoms with Gasteiger partial charge in [-0.3, -0.25) is 9.78 Å². The number of nitrogens with one attached hydrogen (secondary N) is 2. The summed E-state index contributed by atoms with van der Waals surface area (Å²) in [7, 11) is 3.67. The number of likely N-dealkylation sites (tertiary alicyclic amines) is 1. The molecule has 156 valence electrons. The molecule has 4 aromatic rings. The second-order valence-electron chi connectivity index (χ2n) is 7.74. The Kier molecular flexibility index (Phi) is 4.83. The molecule has 0 amide bonds. The quantitative estimate of drug-likeness (QED) is 0.518. The maximum absolute atomic E-state index is 12.6. The first-order chi connectivity index (χ1) is 15.1. The molecule has 0 radical (unpaired) electrons. The molecule has 1 saturated heterocycles. The van der Waals surface area contributed by atoms with Gasteiger partial charge in [0.2, 0.25) is 5.88 Å². The topological polar surface area (TPSA) is 96.0 Å². The van der Waals surface area contributed by atoms with Gasteiger partial charge >= 0.3 is 0 Å². The van der Waals surface area contributed by atoms with Gasteiger partial charge in [-0.2, -0.15) is 0 Å². The van der Waals surface area contributed by atoms with Gasteiger partial charge in [0.1, 0.15) is 11.5 Å². The highest BCUT2D eigenvalue weighted by molar-refractivity contribution is 5.94. The van der Waals surface area contributed by atoms with Crippen molar-refractivity contribution < 1.29 is 4.74 Å². The smallest absolute Gasteiger partial charge is 0.259 e. The number of nitrogens with zero attached hydrogens (tertiary/aromatic N) is 4. The number of rotatable bonds is 5. The van der Waals surface area contributed by atoms with Crippen molar-refractivity contribution >= 4 is 22.3 Å². The predicted molar refractivity (Wildman–Crippen MR) is 120 cm³/mol. The number of hydrogen-bond donors (Lipinski definition) is 2. The van der Waals surface area contributed by atoms with Gasteiger partial charge < -0.3 is 19.9 Å². The molecule has 3 aromatic heterocycles. The highest BCUT2D eigenvalue weighted by Crippen LogP contribution is 2.29. The van der Waals surface area contributed by atoms with Gasteiger partial charge in [0, 0.05) is 30.9 Å². The van der Waals surface area contributed by atoms with Crippen molar-refractivity contribution in [3.05, 3.63) is 70.9 Å². The van der Waals surface area contributed by atoms with E-state index in [1.165, 1.54) is 11.8 Å². The first-order valence-corrected chi connectivity index (χ1v) is 10.0. The molecule has 31 heavy (non-hydrogen) atoms. The van der Waals surface area contributed by atoms with Crippen LogP contribution in [0.2, 0.25) is 0 Å². The molecule has 5 rings (SSSR count). The molecule has 8 heteroatoms. The van der Waals surface area contributed by atoms with Gasteiger partial charge in [0.25, 0.3) is 5.56 Å². The summed E-state index contributed by atoms with van der Waals surface area (Å²) in [6.45, 7) is 2.16. The summed E-state index contributed by atoms with van der Waals surface area (Å²) in [5, 5.41) is 4.57. The maximum Gasteiger partial charge on any atom is 0.259 e. The van der Waals surface area contributed by atoms with Crippen LogP contribution in [0.4, 0.5) is 11.5 Å². The van der Waals surface area contributed by atoms with Crippen molar-refractivity contribution in [1.82, 2.24) is 24.8 Å². The van der Waals surface area contributed by atoms with Crippen molar-refractivity contribution in [3.63, 3.8) is 0 Å². The number of aromatic amines is 1. The Balaban J connectivity index is 1.54. The Morgan fingerprint density at radius 2 is 1.90 bits per heavy atom. The molecule has 1 aliphatic rings. The number of pyridine rings is 2. The zero-order chi connectivity index (χ0) is 21.4. The third-order valence-corrected chi connectivity index (χ3v) is 5.55. The predicted octanol–water partition coefficient (Wildman–Crippen LogP) is 3.16. The van der Waals surface area contributed by atoms with Crippen LogP contribution < -0.4 is 15.6 Å². The molecular formula is C23H22N6O2. The van der Waals surface area contributed by atoms with E-state index in [4.69, 9.17) is 9.72 Å². The Labute approximate surface area is 179 Å². The van der Waals surface area contributed by atoms with Crippen LogP contribution in [-0.4, -0.2) is 52.1 Å². The number of likely N-dealkylation sites (N-methyl/N-ethyl adjacent to an activating group) is 1. The number of aromatic nitrogens is 4. The van der Waals surface area contributed by atoms with Crippen molar-refractivity contribution in [3.8, 4) is 17.3 Å². The lowest BCUT2D eigenvalue weighted by Gasteiger charge is -2.36. The third-order valence-electron chi connectivity index (χ3n) is 5.55. The average Bonchev–Trinajstić information content (AvgIpc) is 2.77. The fourth-order valence-electron chi connectivity index (χ4n) is 3.89. The average molecular weight is 414 g/mol. The van der Waals surface area contributed by atoms with E-state index < -0.39 is 0 Å². The number of H-pyrrole nitrogens is 1. The third kappa shape index (κ3) is 3.73. The highest BCUT2D eigenvalue weighted by atomic mass is 16.5. The fraction of sp³-hybridized carbons (Fsp3) is 0.217. The summed E-state index contributed by atoms with van der Waals surface area (Å²) in [4.78, 5) is 30.9. The van der Waals surface area contributed by atoms with Gasteiger partial charge in [-0.1, -0.05) is 12.1 Å². The maximum atomic E-state index is 12.6. The van der Waals surface area contributed by atoms with Crippen LogP contribution in [0.15, 0.2) is 59.8 Å². The van der Waals surface area contributed by atoms with E-state index >= 15 is 0 Å². The number of benzene rings is 1.